The van der Waals surface area contributed by atoms with Crippen LogP contribution in [0.2, 0.25) is 0 Å². The molecule has 3 heteroatoms. The lowest BCUT2D eigenvalue weighted by Gasteiger charge is -2.06. The summed E-state index contributed by atoms with van der Waals surface area (Å²) >= 11 is 0. The zero-order valence-corrected chi connectivity index (χ0v) is 8.84. The molecule has 1 heterocycles. The second-order valence-corrected chi connectivity index (χ2v) is 3.65. The Hall–Kier alpha value is -1.87. The molecule has 0 aliphatic heterocycles. The lowest BCUT2D eigenvalue weighted by molar-refractivity contribution is 0.280. The first-order chi connectivity index (χ1) is 7.79. The standard InChI is InChI=1S/C13H13NO2/c15-10-12-6-7-13(16)14(9-12)8-11-4-2-1-3-5-11/h1-7,9,15H,8,10H2. The molecule has 0 saturated carbocycles. The predicted molar refractivity (Wildman–Crippen MR) is 62.2 cm³/mol. The van der Waals surface area contributed by atoms with Crippen LogP contribution < -0.4 is 5.56 Å². The van der Waals surface area contributed by atoms with Gasteiger partial charge in [-0.05, 0) is 17.2 Å². The van der Waals surface area contributed by atoms with Crippen molar-refractivity contribution < 1.29 is 5.11 Å². The SMILES string of the molecule is O=c1ccc(CO)cn1Cc1ccccc1. The number of aromatic nitrogens is 1. The number of hydrogen-bond donors (Lipinski definition) is 1. The monoisotopic (exact) mass is 215 g/mol. The lowest BCUT2D eigenvalue weighted by atomic mass is 10.2. The van der Waals surface area contributed by atoms with Gasteiger partial charge in [0, 0.05) is 12.3 Å². The van der Waals surface area contributed by atoms with Crippen LogP contribution in [0.25, 0.3) is 0 Å². The molecule has 0 spiro atoms. The number of pyridine rings is 1. The van der Waals surface area contributed by atoms with Gasteiger partial charge in [0.25, 0.3) is 5.56 Å². The van der Waals surface area contributed by atoms with Gasteiger partial charge < -0.3 is 9.67 Å². The van der Waals surface area contributed by atoms with Crippen LogP contribution in [-0.2, 0) is 13.2 Å². The summed E-state index contributed by atoms with van der Waals surface area (Å²) in [7, 11) is 0. The second-order valence-electron chi connectivity index (χ2n) is 3.65. The first-order valence-corrected chi connectivity index (χ1v) is 5.14. The Morgan fingerprint density at radius 2 is 1.75 bits per heavy atom. The number of hydrogen-bond acceptors (Lipinski definition) is 2. The van der Waals surface area contributed by atoms with Gasteiger partial charge in [-0.15, -0.1) is 0 Å². The molecule has 2 rings (SSSR count). The Morgan fingerprint density at radius 1 is 1.00 bits per heavy atom. The molecule has 1 aromatic carbocycles. The molecule has 0 radical (unpaired) electrons. The highest BCUT2D eigenvalue weighted by atomic mass is 16.3. The molecule has 16 heavy (non-hydrogen) atoms. The molecule has 1 N–H and O–H groups in total. The van der Waals surface area contributed by atoms with Gasteiger partial charge in [0.2, 0.25) is 0 Å². The first kappa shape index (κ1) is 10.6. The maximum absolute atomic E-state index is 11.6. The summed E-state index contributed by atoms with van der Waals surface area (Å²) in [5, 5.41) is 9.00. The van der Waals surface area contributed by atoms with Gasteiger partial charge in [0.05, 0.1) is 13.2 Å². The minimum absolute atomic E-state index is 0.0466. The van der Waals surface area contributed by atoms with E-state index in [4.69, 9.17) is 5.11 Å². The van der Waals surface area contributed by atoms with Crippen LogP contribution in [0.3, 0.4) is 0 Å². The van der Waals surface area contributed by atoms with E-state index in [2.05, 4.69) is 0 Å². The first-order valence-electron chi connectivity index (χ1n) is 5.14. The Kier molecular flexibility index (Phi) is 3.17. The molecule has 0 amide bonds. The number of aliphatic hydroxyl groups is 1. The van der Waals surface area contributed by atoms with Gasteiger partial charge in [-0.25, -0.2) is 0 Å². The topological polar surface area (TPSA) is 42.2 Å². The van der Waals surface area contributed by atoms with Gasteiger partial charge in [-0.2, -0.15) is 0 Å². The summed E-state index contributed by atoms with van der Waals surface area (Å²) < 4.78 is 1.60. The summed E-state index contributed by atoms with van der Waals surface area (Å²) in [5.74, 6) is 0. The highest BCUT2D eigenvalue weighted by Crippen LogP contribution is 2.02. The van der Waals surface area contributed by atoms with E-state index in [1.807, 2.05) is 30.3 Å². The van der Waals surface area contributed by atoms with Crippen LogP contribution in [0.4, 0.5) is 0 Å². The molecule has 0 aliphatic carbocycles. The smallest absolute Gasteiger partial charge is 0.250 e. The van der Waals surface area contributed by atoms with E-state index in [1.54, 1.807) is 16.8 Å². The lowest BCUT2D eigenvalue weighted by Crippen LogP contribution is -2.19. The van der Waals surface area contributed by atoms with Crippen LogP contribution >= 0.6 is 0 Å². The van der Waals surface area contributed by atoms with Crippen molar-refractivity contribution in [2.75, 3.05) is 0 Å². The van der Waals surface area contributed by atoms with Gasteiger partial charge in [0.1, 0.15) is 0 Å². The Balaban J connectivity index is 2.31. The van der Waals surface area contributed by atoms with Crippen molar-refractivity contribution in [2.24, 2.45) is 0 Å². The molecule has 0 unspecified atom stereocenters. The normalized spacial score (nSPS) is 10.3. The van der Waals surface area contributed by atoms with Crippen LogP contribution in [0.15, 0.2) is 53.5 Å². The zero-order valence-electron chi connectivity index (χ0n) is 8.84. The van der Waals surface area contributed by atoms with E-state index < -0.39 is 0 Å². The van der Waals surface area contributed by atoms with Crippen molar-refractivity contribution >= 4 is 0 Å². The number of nitrogens with zero attached hydrogens (tertiary/aromatic N) is 1. The second kappa shape index (κ2) is 4.77. The van der Waals surface area contributed by atoms with Crippen molar-refractivity contribution in [3.8, 4) is 0 Å². The molecular weight excluding hydrogens is 202 g/mol. The third kappa shape index (κ3) is 2.38. The third-order valence-electron chi connectivity index (χ3n) is 2.42. The predicted octanol–water partition coefficient (Wildman–Crippen LogP) is 1.39. The zero-order chi connectivity index (χ0) is 11.4. The van der Waals surface area contributed by atoms with Crippen molar-refractivity contribution in [2.45, 2.75) is 13.2 Å². The summed E-state index contributed by atoms with van der Waals surface area (Å²) in [5.41, 5.74) is 1.76. The number of benzene rings is 1. The number of rotatable bonds is 3. The van der Waals surface area contributed by atoms with E-state index in [1.165, 1.54) is 6.07 Å². The van der Waals surface area contributed by atoms with Crippen LogP contribution in [-0.4, -0.2) is 9.67 Å². The summed E-state index contributed by atoms with van der Waals surface area (Å²) in [6.07, 6.45) is 1.69. The Morgan fingerprint density at radius 3 is 2.44 bits per heavy atom. The Labute approximate surface area is 93.6 Å². The minimum atomic E-state index is -0.0546. The maximum atomic E-state index is 11.6. The highest BCUT2D eigenvalue weighted by Gasteiger charge is 1.99. The van der Waals surface area contributed by atoms with Crippen LogP contribution in [0, 0.1) is 0 Å². The van der Waals surface area contributed by atoms with Crippen molar-refractivity contribution in [1.29, 1.82) is 0 Å². The average Bonchev–Trinajstić information content (AvgIpc) is 2.33. The van der Waals surface area contributed by atoms with Gasteiger partial charge in [-0.1, -0.05) is 30.3 Å². The van der Waals surface area contributed by atoms with Crippen LogP contribution in [0.5, 0.6) is 0 Å². The van der Waals surface area contributed by atoms with Gasteiger partial charge in [0.15, 0.2) is 0 Å². The molecule has 82 valence electrons. The fourth-order valence-electron chi connectivity index (χ4n) is 1.58. The largest absolute Gasteiger partial charge is 0.392 e. The Bertz CT molecular complexity index is 517. The average molecular weight is 215 g/mol. The molecule has 0 bridgehead atoms. The van der Waals surface area contributed by atoms with Crippen molar-refractivity contribution in [1.82, 2.24) is 4.57 Å². The fraction of sp³-hybridized carbons (Fsp3) is 0.154. The van der Waals surface area contributed by atoms with Crippen LogP contribution in [0.1, 0.15) is 11.1 Å². The molecule has 2 aromatic rings. The van der Waals surface area contributed by atoms with Gasteiger partial charge >= 0.3 is 0 Å². The van der Waals surface area contributed by atoms with E-state index >= 15 is 0 Å². The number of aliphatic hydroxyl groups excluding tert-OH is 1. The minimum Gasteiger partial charge on any atom is -0.392 e. The molecular formula is C13H13NO2. The highest BCUT2D eigenvalue weighted by molar-refractivity contribution is 5.16. The molecule has 0 atom stereocenters. The molecule has 0 fully saturated rings. The van der Waals surface area contributed by atoms with E-state index in [-0.39, 0.29) is 12.2 Å². The molecule has 1 aromatic heterocycles. The van der Waals surface area contributed by atoms with E-state index in [0.717, 1.165) is 11.1 Å². The van der Waals surface area contributed by atoms with Crippen molar-refractivity contribution in [3.63, 3.8) is 0 Å². The van der Waals surface area contributed by atoms with E-state index in [0.29, 0.717) is 6.54 Å². The summed E-state index contributed by atoms with van der Waals surface area (Å²) in [6.45, 7) is 0.489. The quantitative estimate of drug-likeness (QED) is 0.840. The summed E-state index contributed by atoms with van der Waals surface area (Å²) in [6, 6.07) is 12.9. The maximum Gasteiger partial charge on any atom is 0.250 e. The molecule has 3 nitrogen and oxygen atoms in total. The van der Waals surface area contributed by atoms with Gasteiger partial charge in [-0.3, -0.25) is 4.79 Å². The van der Waals surface area contributed by atoms with Crippen molar-refractivity contribution in [3.05, 3.63) is 70.1 Å². The molecule has 0 saturated heterocycles. The van der Waals surface area contributed by atoms with E-state index in [9.17, 15) is 4.79 Å². The third-order valence-corrected chi connectivity index (χ3v) is 2.42. The fourth-order valence-corrected chi connectivity index (χ4v) is 1.58. The molecule has 0 aliphatic rings. The summed E-state index contributed by atoms with van der Waals surface area (Å²) in [4.78, 5) is 11.6.